The first-order valence-electron chi connectivity index (χ1n) is 6.71. The van der Waals surface area contributed by atoms with E-state index in [1.165, 1.54) is 0 Å². The quantitative estimate of drug-likeness (QED) is 0.898. The minimum Gasteiger partial charge on any atom is -0.372 e. The van der Waals surface area contributed by atoms with Gasteiger partial charge < -0.3 is 5.32 Å². The number of aromatic nitrogens is 1. The molecule has 0 bridgehead atoms. The molecule has 112 valence electrons. The molecular formula is C13H20BrN3O2S. The van der Waals surface area contributed by atoms with Crippen molar-refractivity contribution in [3.05, 3.63) is 16.7 Å². The highest BCUT2D eigenvalue weighted by Crippen LogP contribution is 2.31. The maximum absolute atomic E-state index is 12.9. The third-order valence-corrected chi connectivity index (χ3v) is 6.18. The number of nitrogens with one attached hydrogen (secondary N) is 1. The zero-order chi connectivity index (χ0) is 14.9. The summed E-state index contributed by atoms with van der Waals surface area (Å²) in [5, 5.41) is 2.85. The van der Waals surface area contributed by atoms with E-state index in [4.69, 9.17) is 0 Å². The fourth-order valence-corrected chi connectivity index (χ4v) is 4.99. The smallest absolute Gasteiger partial charge is 0.247 e. The van der Waals surface area contributed by atoms with Crippen molar-refractivity contribution in [2.24, 2.45) is 5.92 Å². The Bertz CT molecular complexity index is 591. The molecule has 1 saturated heterocycles. The maximum Gasteiger partial charge on any atom is 0.247 e. The van der Waals surface area contributed by atoms with E-state index >= 15 is 0 Å². The SMILES string of the molecule is CNc1ncc(Br)cc1S(=O)(=O)N1CCC(C)CC1C. The first-order valence-corrected chi connectivity index (χ1v) is 8.94. The highest BCUT2D eigenvalue weighted by Gasteiger charge is 2.34. The maximum atomic E-state index is 12.9. The Hall–Kier alpha value is -0.660. The fraction of sp³-hybridized carbons (Fsp3) is 0.615. The Balaban J connectivity index is 2.42. The summed E-state index contributed by atoms with van der Waals surface area (Å²) >= 11 is 3.29. The van der Waals surface area contributed by atoms with Crippen molar-refractivity contribution in [2.75, 3.05) is 18.9 Å². The van der Waals surface area contributed by atoms with Gasteiger partial charge in [-0.05, 0) is 47.7 Å². The predicted octanol–water partition coefficient (Wildman–Crippen LogP) is 2.69. The van der Waals surface area contributed by atoms with Crippen LogP contribution < -0.4 is 5.32 Å². The third kappa shape index (κ3) is 2.99. The van der Waals surface area contributed by atoms with Crippen LogP contribution in [0.2, 0.25) is 0 Å². The molecule has 2 heterocycles. The van der Waals surface area contributed by atoms with E-state index in [0.717, 1.165) is 12.8 Å². The van der Waals surface area contributed by atoms with E-state index < -0.39 is 10.0 Å². The van der Waals surface area contributed by atoms with Gasteiger partial charge in [-0.1, -0.05) is 6.92 Å². The third-order valence-electron chi connectivity index (χ3n) is 3.72. The number of piperidine rings is 1. The topological polar surface area (TPSA) is 62.3 Å². The van der Waals surface area contributed by atoms with Gasteiger partial charge in [0, 0.05) is 30.3 Å². The largest absolute Gasteiger partial charge is 0.372 e. The van der Waals surface area contributed by atoms with Gasteiger partial charge in [0.05, 0.1) is 0 Å². The van der Waals surface area contributed by atoms with Crippen molar-refractivity contribution in [3.8, 4) is 0 Å². The lowest BCUT2D eigenvalue weighted by Crippen LogP contribution is -2.44. The lowest BCUT2D eigenvalue weighted by atomic mass is 9.95. The van der Waals surface area contributed by atoms with Crippen molar-refractivity contribution in [3.63, 3.8) is 0 Å². The van der Waals surface area contributed by atoms with Gasteiger partial charge >= 0.3 is 0 Å². The number of hydrogen-bond acceptors (Lipinski definition) is 4. The molecule has 20 heavy (non-hydrogen) atoms. The summed E-state index contributed by atoms with van der Waals surface area (Å²) in [5.41, 5.74) is 0. The Morgan fingerprint density at radius 1 is 1.45 bits per heavy atom. The van der Waals surface area contributed by atoms with Crippen LogP contribution in [0.25, 0.3) is 0 Å². The molecule has 2 rings (SSSR count). The Morgan fingerprint density at radius 2 is 2.15 bits per heavy atom. The second-order valence-corrected chi connectivity index (χ2v) is 8.12. The van der Waals surface area contributed by atoms with Gasteiger partial charge in [0.25, 0.3) is 0 Å². The van der Waals surface area contributed by atoms with E-state index in [9.17, 15) is 8.42 Å². The summed E-state index contributed by atoms with van der Waals surface area (Å²) in [6, 6.07) is 1.63. The summed E-state index contributed by atoms with van der Waals surface area (Å²) in [5.74, 6) is 0.958. The molecule has 5 nitrogen and oxygen atoms in total. The zero-order valence-electron chi connectivity index (χ0n) is 11.9. The summed E-state index contributed by atoms with van der Waals surface area (Å²) in [4.78, 5) is 4.37. The number of halogens is 1. The van der Waals surface area contributed by atoms with Gasteiger partial charge in [0.15, 0.2) is 0 Å². The second kappa shape index (κ2) is 5.99. The van der Waals surface area contributed by atoms with Crippen molar-refractivity contribution < 1.29 is 8.42 Å². The monoisotopic (exact) mass is 361 g/mol. The summed E-state index contributed by atoms with van der Waals surface area (Å²) in [7, 11) is -1.84. The van der Waals surface area contributed by atoms with E-state index in [-0.39, 0.29) is 10.9 Å². The fourth-order valence-electron chi connectivity index (χ4n) is 2.67. The van der Waals surface area contributed by atoms with Crippen molar-refractivity contribution >= 4 is 31.8 Å². The molecule has 1 N–H and O–H groups in total. The van der Waals surface area contributed by atoms with Crippen LogP contribution in [0.1, 0.15) is 26.7 Å². The summed E-state index contributed by atoms with van der Waals surface area (Å²) < 4.78 is 28.0. The highest BCUT2D eigenvalue weighted by atomic mass is 79.9. The number of rotatable bonds is 3. The zero-order valence-corrected chi connectivity index (χ0v) is 14.3. The molecule has 0 spiro atoms. The van der Waals surface area contributed by atoms with E-state index in [2.05, 4.69) is 33.2 Å². The first kappa shape index (κ1) is 15.7. The average molecular weight is 362 g/mol. The number of nitrogens with zero attached hydrogens (tertiary/aromatic N) is 2. The summed E-state index contributed by atoms with van der Waals surface area (Å²) in [6.07, 6.45) is 3.39. The Morgan fingerprint density at radius 3 is 2.75 bits per heavy atom. The molecule has 0 radical (unpaired) electrons. The normalized spacial score (nSPS) is 24.6. The van der Waals surface area contributed by atoms with Gasteiger partial charge in [-0.2, -0.15) is 4.31 Å². The van der Waals surface area contributed by atoms with Crippen LogP contribution in [-0.2, 0) is 10.0 Å². The van der Waals surface area contributed by atoms with E-state index in [1.54, 1.807) is 23.6 Å². The molecular weight excluding hydrogens is 342 g/mol. The standard InChI is InChI=1S/C13H20BrN3O2S/c1-9-4-5-17(10(2)6-9)20(18,19)12-7-11(14)8-16-13(12)15-3/h7-10H,4-6H2,1-3H3,(H,15,16). The van der Waals surface area contributed by atoms with Gasteiger partial charge in [-0.15, -0.1) is 0 Å². The van der Waals surface area contributed by atoms with Crippen LogP contribution in [-0.4, -0.2) is 37.3 Å². The van der Waals surface area contributed by atoms with E-state index in [1.807, 2.05) is 6.92 Å². The first-order chi connectivity index (χ1) is 9.36. The number of sulfonamides is 1. The van der Waals surface area contributed by atoms with Gasteiger partial charge in [-0.3, -0.25) is 0 Å². The minimum absolute atomic E-state index is 0.0208. The summed E-state index contributed by atoms with van der Waals surface area (Å²) in [6.45, 7) is 4.71. The van der Waals surface area contributed by atoms with Crippen LogP contribution in [0, 0.1) is 5.92 Å². The molecule has 1 fully saturated rings. The Kier molecular flexibility index (Phi) is 4.71. The molecule has 1 aromatic heterocycles. The predicted molar refractivity (Wildman–Crippen MR) is 83.2 cm³/mol. The van der Waals surface area contributed by atoms with Crippen LogP contribution >= 0.6 is 15.9 Å². The van der Waals surface area contributed by atoms with Crippen molar-refractivity contribution in [1.82, 2.24) is 9.29 Å². The molecule has 1 aliphatic rings. The molecule has 1 aromatic rings. The van der Waals surface area contributed by atoms with Gasteiger partial charge in [-0.25, -0.2) is 13.4 Å². The minimum atomic E-state index is -3.52. The molecule has 2 atom stereocenters. The molecule has 0 aromatic carbocycles. The molecule has 1 aliphatic heterocycles. The number of anilines is 1. The molecule has 0 aliphatic carbocycles. The van der Waals surface area contributed by atoms with Crippen LogP contribution in [0.4, 0.5) is 5.82 Å². The van der Waals surface area contributed by atoms with E-state index in [0.29, 0.717) is 22.8 Å². The Labute approximate surface area is 129 Å². The van der Waals surface area contributed by atoms with Gasteiger partial charge in [0.1, 0.15) is 10.7 Å². The second-order valence-electron chi connectivity index (χ2n) is 5.34. The van der Waals surface area contributed by atoms with Crippen LogP contribution in [0.5, 0.6) is 0 Å². The molecule has 0 saturated carbocycles. The average Bonchev–Trinajstić information content (AvgIpc) is 2.38. The van der Waals surface area contributed by atoms with Gasteiger partial charge in [0.2, 0.25) is 10.0 Å². The molecule has 0 amide bonds. The molecule has 2 unspecified atom stereocenters. The number of pyridine rings is 1. The highest BCUT2D eigenvalue weighted by molar-refractivity contribution is 9.10. The van der Waals surface area contributed by atoms with Crippen LogP contribution in [0.15, 0.2) is 21.6 Å². The number of hydrogen-bond donors (Lipinski definition) is 1. The lowest BCUT2D eigenvalue weighted by molar-refractivity contribution is 0.220. The van der Waals surface area contributed by atoms with Crippen LogP contribution in [0.3, 0.4) is 0 Å². The van der Waals surface area contributed by atoms with Crippen molar-refractivity contribution in [1.29, 1.82) is 0 Å². The lowest BCUT2D eigenvalue weighted by Gasteiger charge is -2.35. The van der Waals surface area contributed by atoms with Crippen molar-refractivity contribution in [2.45, 2.75) is 37.6 Å². The molecule has 7 heteroatoms.